The van der Waals surface area contributed by atoms with E-state index in [0.717, 1.165) is 24.3 Å². The van der Waals surface area contributed by atoms with Gasteiger partial charge in [-0.2, -0.15) is 25.3 Å². The van der Waals surface area contributed by atoms with Crippen LogP contribution >= 0.6 is 0 Å². The predicted octanol–water partition coefficient (Wildman–Crippen LogP) is -0.422. The molecule has 0 saturated heterocycles. The van der Waals surface area contributed by atoms with Crippen molar-refractivity contribution in [1.82, 2.24) is 0 Å². The standard InChI is InChI=1S/C8H10O9S3/c9-18(10,11)7-3-1-6(2-4-7)5-8(19(12,13)14)20(15,16)17/h1-4,8H,5H2,(H,9,10,11)(H,12,13,14)(H,15,16,17). The van der Waals surface area contributed by atoms with Gasteiger partial charge in [-0.25, -0.2) is 0 Å². The van der Waals surface area contributed by atoms with Gasteiger partial charge in [0.1, 0.15) is 0 Å². The fraction of sp³-hybridized carbons (Fsp3) is 0.250. The van der Waals surface area contributed by atoms with Crippen molar-refractivity contribution in [2.75, 3.05) is 0 Å². The zero-order valence-corrected chi connectivity index (χ0v) is 12.1. The molecule has 0 spiro atoms. The third-order valence-electron chi connectivity index (χ3n) is 2.29. The third kappa shape index (κ3) is 4.50. The van der Waals surface area contributed by atoms with Crippen LogP contribution in [0.15, 0.2) is 29.2 Å². The van der Waals surface area contributed by atoms with Crippen LogP contribution in [0.25, 0.3) is 0 Å². The summed E-state index contributed by atoms with van der Waals surface area (Å²) in [5, 5.41) is 0. The minimum absolute atomic E-state index is 0.0117. The molecule has 0 atom stereocenters. The zero-order chi connectivity index (χ0) is 15.8. The van der Waals surface area contributed by atoms with Crippen molar-refractivity contribution in [2.45, 2.75) is 15.9 Å². The molecule has 0 bridgehead atoms. The highest BCUT2D eigenvalue weighted by atomic mass is 32.3. The lowest BCUT2D eigenvalue weighted by atomic mass is 10.2. The molecular weight excluding hydrogens is 336 g/mol. The summed E-state index contributed by atoms with van der Waals surface area (Å²) in [5.74, 6) is 0. The van der Waals surface area contributed by atoms with Crippen LogP contribution in [0, 0.1) is 0 Å². The van der Waals surface area contributed by atoms with Crippen molar-refractivity contribution in [1.29, 1.82) is 0 Å². The van der Waals surface area contributed by atoms with Gasteiger partial charge in [-0.1, -0.05) is 12.1 Å². The maximum absolute atomic E-state index is 10.9. The molecule has 0 unspecified atom stereocenters. The molecule has 114 valence electrons. The van der Waals surface area contributed by atoms with Crippen LogP contribution in [0.1, 0.15) is 5.56 Å². The summed E-state index contributed by atoms with van der Waals surface area (Å²) in [4.78, 5) is -0.475. The molecule has 3 N–H and O–H groups in total. The van der Waals surface area contributed by atoms with Gasteiger partial charge < -0.3 is 0 Å². The Labute approximate surface area is 115 Å². The number of benzene rings is 1. The average Bonchev–Trinajstić information content (AvgIpc) is 2.22. The summed E-state index contributed by atoms with van der Waals surface area (Å²) in [6, 6.07) is 3.89. The van der Waals surface area contributed by atoms with Gasteiger partial charge >= 0.3 is 0 Å². The van der Waals surface area contributed by atoms with E-state index in [1.807, 2.05) is 0 Å². The normalized spacial score (nSPS) is 13.6. The monoisotopic (exact) mass is 346 g/mol. The summed E-state index contributed by atoms with van der Waals surface area (Å²) in [5.41, 5.74) is 0.0117. The summed E-state index contributed by atoms with van der Waals surface area (Å²) >= 11 is 0. The topological polar surface area (TPSA) is 163 Å². The second-order valence-corrected chi connectivity index (χ2v) is 8.70. The highest BCUT2D eigenvalue weighted by Gasteiger charge is 2.35. The summed E-state index contributed by atoms with van der Waals surface area (Å²) in [6.07, 6.45) is -0.788. The third-order valence-corrected chi connectivity index (χ3v) is 6.28. The van der Waals surface area contributed by atoms with Gasteiger partial charge in [-0.3, -0.25) is 13.7 Å². The molecule has 1 aromatic rings. The van der Waals surface area contributed by atoms with Gasteiger partial charge in [0.15, 0.2) is 0 Å². The molecule has 0 aliphatic rings. The second kappa shape index (κ2) is 5.38. The van der Waals surface area contributed by atoms with Crippen LogP contribution in [0.2, 0.25) is 0 Å². The summed E-state index contributed by atoms with van der Waals surface area (Å²) in [6.45, 7) is 0. The number of hydrogen-bond acceptors (Lipinski definition) is 6. The first-order valence-electron chi connectivity index (χ1n) is 4.81. The van der Waals surface area contributed by atoms with E-state index in [-0.39, 0.29) is 5.56 Å². The molecule has 0 aliphatic carbocycles. The molecule has 12 heteroatoms. The Morgan fingerprint density at radius 3 is 1.50 bits per heavy atom. The van der Waals surface area contributed by atoms with E-state index in [9.17, 15) is 25.3 Å². The highest BCUT2D eigenvalue weighted by Crippen LogP contribution is 2.16. The van der Waals surface area contributed by atoms with Crippen molar-refractivity contribution in [2.24, 2.45) is 0 Å². The lowest BCUT2D eigenvalue weighted by Gasteiger charge is -2.10. The van der Waals surface area contributed by atoms with Crippen molar-refractivity contribution < 1.29 is 38.9 Å². The van der Waals surface area contributed by atoms with E-state index in [1.165, 1.54) is 0 Å². The molecule has 0 fully saturated rings. The van der Waals surface area contributed by atoms with E-state index in [2.05, 4.69) is 0 Å². The Balaban J connectivity index is 3.15. The van der Waals surface area contributed by atoms with Crippen molar-refractivity contribution >= 4 is 30.4 Å². The average molecular weight is 346 g/mol. The molecule has 1 rings (SSSR count). The van der Waals surface area contributed by atoms with Crippen molar-refractivity contribution in [3.63, 3.8) is 0 Å². The van der Waals surface area contributed by atoms with Crippen molar-refractivity contribution in [3.8, 4) is 0 Å². The SMILES string of the molecule is O=S(=O)(O)c1ccc(CC(S(=O)(=O)O)S(=O)(=O)O)cc1. The molecule has 1 aromatic carbocycles. The first kappa shape index (κ1) is 17.0. The van der Waals surface area contributed by atoms with Gasteiger partial charge in [0.2, 0.25) is 4.58 Å². The van der Waals surface area contributed by atoms with Crippen LogP contribution < -0.4 is 0 Å². The van der Waals surface area contributed by atoms with E-state index < -0.39 is 46.3 Å². The first-order chi connectivity index (χ1) is 8.82. The van der Waals surface area contributed by atoms with Gasteiger partial charge in [-0.05, 0) is 17.7 Å². The number of hydrogen-bond donors (Lipinski definition) is 3. The Kier molecular flexibility index (Phi) is 4.58. The molecule has 0 radical (unpaired) electrons. The first-order valence-corrected chi connectivity index (χ1v) is 9.25. The second-order valence-electron chi connectivity index (χ2n) is 3.78. The van der Waals surface area contributed by atoms with E-state index in [1.54, 1.807) is 0 Å². The molecule has 0 saturated carbocycles. The fourth-order valence-electron chi connectivity index (χ4n) is 1.35. The van der Waals surface area contributed by atoms with Gasteiger partial charge in [0.05, 0.1) is 4.90 Å². The lowest BCUT2D eigenvalue weighted by Crippen LogP contribution is -2.31. The molecule has 0 amide bonds. The van der Waals surface area contributed by atoms with Crippen LogP contribution in [0.4, 0.5) is 0 Å². The Morgan fingerprint density at radius 1 is 0.800 bits per heavy atom. The maximum atomic E-state index is 10.9. The van der Waals surface area contributed by atoms with Crippen LogP contribution in [-0.4, -0.2) is 43.5 Å². The van der Waals surface area contributed by atoms with Gasteiger partial charge in [0.25, 0.3) is 30.4 Å². The molecule has 9 nitrogen and oxygen atoms in total. The highest BCUT2D eigenvalue weighted by molar-refractivity contribution is 8.03. The smallest absolute Gasteiger partial charge is 0.284 e. The van der Waals surface area contributed by atoms with E-state index in [0.29, 0.717) is 0 Å². The van der Waals surface area contributed by atoms with Crippen LogP contribution in [0.3, 0.4) is 0 Å². The fourth-order valence-corrected chi connectivity index (χ4v) is 3.87. The molecule has 0 aromatic heterocycles. The van der Waals surface area contributed by atoms with E-state index >= 15 is 0 Å². The Bertz CT molecular complexity index is 755. The Morgan fingerprint density at radius 2 is 1.20 bits per heavy atom. The largest absolute Gasteiger partial charge is 0.294 e. The molecular formula is C8H10O9S3. The van der Waals surface area contributed by atoms with Crippen LogP contribution in [0.5, 0.6) is 0 Å². The number of rotatable bonds is 5. The van der Waals surface area contributed by atoms with Crippen LogP contribution in [-0.2, 0) is 36.8 Å². The zero-order valence-electron chi connectivity index (χ0n) is 9.61. The quantitative estimate of drug-likeness (QED) is 0.600. The molecule has 0 aliphatic heterocycles. The molecule has 20 heavy (non-hydrogen) atoms. The summed E-state index contributed by atoms with van der Waals surface area (Å²) in [7, 11) is -14.6. The predicted molar refractivity (Wildman–Crippen MR) is 66.8 cm³/mol. The van der Waals surface area contributed by atoms with E-state index in [4.69, 9.17) is 13.7 Å². The minimum atomic E-state index is -5.06. The van der Waals surface area contributed by atoms with Gasteiger partial charge in [0, 0.05) is 6.42 Å². The van der Waals surface area contributed by atoms with Gasteiger partial charge in [-0.15, -0.1) is 0 Å². The Hall–Kier alpha value is -1.05. The van der Waals surface area contributed by atoms with Crippen molar-refractivity contribution in [3.05, 3.63) is 29.8 Å². The summed E-state index contributed by atoms with van der Waals surface area (Å²) < 4.78 is 88.8. The maximum Gasteiger partial charge on any atom is 0.294 e. The minimum Gasteiger partial charge on any atom is -0.284 e. The lowest BCUT2D eigenvalue weighted by molar-refractivity contribution is 0.453. The molecule has 0 heterocycles.